The summed E-state index contributed by atoms with van der Waals surface area (Å²) in [4.78, 5) is 27.7. The zero-order chi connectivity index (χ0) is 22.0. The number of carbonyl (C=O) groups is 1. The third-order valence-electron chi connectivity index (χ3n) is 5.09. The van der Waals surface area contributed by atoms with Crippen molar-refractivity contribution < 1.29 is 14.1 Å². The Kier molecular flexibility index (Phi) is 6.30. The number of thiophene rings is 1. The largest absolute Gasteiger partial charge is 0.389 e. The smallest absolute Gasteiger partial charge is 0.358 e. The molecule has 0 spiro atoms. The van der Waals surface area contributed by atoms with E-state index in [9.17, 15) is 19.3 Å². The molecule has 31 heavy (non-hydrogen) atoms. The van der Waals surface area contributed by atoms with Crippen LogP contribution in [0.1, 0.15) is 20.8 Å². The van der Waals surface area contributed by atoms with Crippen molar-refractivity contribution >= 4 is 34.7 Å². The van der Waals surface area contributed by atoms with Crippen molar-refractivity contribution in [1.29, 1.82) is 0 Å². The number of benzene rings is 1. The molecule has 1 aromatic carbocycles. The number of nitrogens with zero attached hydrogens (tertiary/aromatic N) is 5. The summed E-state index contributed by atoms with van der Waals surface area (Å²) in [7, 11) is 0. The molecule has 1 saturated heterocycles. The van der Waals surface area contributed by atoms with Crippen molar-refractivity contribution in [2.24, 2.45) is 0 Å². The van der Waals surface area contributed by atoms with Gasteiger partial charge >= 0.3 is 5.82 Å². The van der Waals surface area contributed by atoms with Crippen molar-refractivity contribution in [3.8, 4) is 0 Å². The number of rotatable bonds is 6. The van der Waals surface area contributed by atoms with E-state index in [0.717, 1.165) is 11.1 Å². The van der Waals surface area contributed by atoms with Gasteiger partial charge in [0.05, 0.1) is 28.8 Å². The predicted molar refractivity (Wildman–Crippen MR) is 115 cm³/mol. The highest BCUT2D eigenvalue weighted by atomic mass is 35.5. The van der Waals surface area contributed by atoms with Gasteiger partial charge in [-0.3, -0.25) is 9.69 Å². The molecule has 0 saturated carbocycles. The van der Waals surface area contributed by atoms with Crippen LogP contribution >= 0.6 is 22.9 Å². The summed E-state index contributed by atoms with van der Waals surface area (Å²) in [5, 5.41) is 16.9. The van der Waals surface area contributed by atoms with Crippen LogP contribution < -0.4 is 0 Å². The molecule has 0 N–H and O–H groups in total. The van der Waals surface area contributed by atoms with Gasteiger partial charge in [0.2, 0.25) is 0 Å². The van der Waals surface area contributed by atoms with Crippen LogP contribution in [0.3, 0.4) is 0 Å². The number of nitro groups is 1. The molecule has 11 heteroatoms. The molecule has 1 aliphatic heterocycles. The van der Waals surface area contributed by atoms with E-state index >= 15 is 0 Å². The summed E-state index contributed by atoms with van der Waals surface area (Å²) in [6, 6.07) is 7.56. The Morgan fingerprint density at radius 2 is 1.97 bits per heavy atom. The first-order valence-electron chi connectivity index (χ1n) is 9.60. The highest BCUT2D eigenvalue weighted by molar-refractivity contribution is 7.12. The molecule has 3 heterocycles. The predicted octanol–water partition coefficient (Wildman–Crippen LogP) is 3.65. The Hall–Kier alpha value is -2.82. The number of hydrogen-bond acceptors (Lipinski definition) is 6. The molecule has 0 radical (unpaired) electrons. The van der Waals surface area contributed by atoms with E-state index in [0.29, 0.717) is 49.2 Å². The Labute approximate surface area is 186 Å². The van der Waals surface area contributed by atoms with Crippen LogP contribution in [0.15, 0.2) is 41.9 Å². The van der Waals surface area contributed by atoms with Gasteiger partial charge < -0.3 is 15.0 Å². The molecule has 4 rings (SSSR count). The SMILES string of the molecule is O=C(c1cc(Cn2ccc([N+](=O)[O-])n2)cs1)N1CCN(Cc2ccc(F)cc2Cl)CC1. The highest BCUT2D eigenvalue weighted by Gasteiger charge is 2.24. The first-order valence-corrected chi connectivity index (χ1v) is 10.9. The van der Waals surface area contributed by atoms with Gasteiger partial charge in [0, 0.05) is 37.7 Å². The number of carbonyl (C=O) groups excluding carboxylic acids is 1. The van der Waals surface area contributed by atoms with Crippen molar-refractivity contribution in [3.05, 3.63) is 78.9 Å². The fourth-order valence-electron chi connectivity index (χ4n) is 3.45. The average molecular weight is 464 g/mol. The summed E-state index contributed by atoms with van der Waals surface area (Å²) in [5.74, 6) is -0.584. The number of hydrogen-bond donors (Lipinski definition) is 0. The van der Waals surface area contributed by atoms with Gasteiger partial charge in [-0.25, -0.2) is 4.39 Å². The third kappa shape index (κ3) is 5.09. The molecule has 1 fully saturated rings. The lowest BCUT2D eigenvalue weighted by Crippen LogP contribution is -2.48. The highest BCUT2D eigenvalue weighted by Crippen LogP contribution is 2.22. The van der Waals surface area contributed by atoms with Crippen molar-refractivity contribution in [2.45, 2.75) is 13.1 Å². The molecule has 0 atom stereocenters. The van der Waals surface area contributed by atoms with Gasteiger partial charge in [-0.2, -0.15) is 4.68 Å². The summed E-state index contributed by atoms with van der Waals surface area (Å²) in [5.41, 5.74) is 1.74. The van der Waals surface area contributed by atoms with E-state index in [1.165, 1.54) is 34.2 Å². The normalized spacial score (nSPS) is 14.7. The summed E-state index contributed by atoms with van der Waals surface area (Å²) in [6.45, 7) is 3.57. The molecule has 0 aliphatic carbocycles. The number of amides is 1. The van der Waals surface area contributed by atoms with Crippen LogP contribution in [0.25, 0.3) is 0 Å². The lowest BCUT2D eigenvalue weighted by atomic mass is 10.2. The first-order chi connectivity index (χ1) is 14.9. The Morgan fingerprint density at radius 3 is 2.65 bits per heavy atom. The van der Waals surface area contributed by atoms with Crippen LogP contribution in [-0.4, -0.2) is 56.6 Å². The van der Waals surface area contributed by atoms with E-state index < -0.39 is 4.92 Å². The van der Waals surface area contributed by atoms with Crippen LogP contribution in [-0.2, 0) is 13.1 Å². The zero-order valence-electron chi connectivity index (χ0n) is 16.4. The number of piperazine rings is 1. The molecule has 0 bridgehead atoms. The minimum atomic E-state index is -0.539. The van der Waals surface area contributed by atoms with E-state index in [4.69, 9.17) is 11.6 Å². The van der Waals surface area contributed by atoms with E-state index in [2.05, 4.69) is 10.00 Å². The Morgan fingerprint density at radius 1 is 1.19 bits per heavy atom. The van der Waals surface area contributed by atoms with Gasteiger partial charge in [-0.15, -0.1) is 11.3 Å². The maximum atomic E-state index is 13.2. The molecular formula is C20H19ClFN5O3S. The fourth-order valence-corrected chi connectivity index (χ4v) is 4.55. The van der Waals surface area contributed by atoms with Crippen molar-refractivity contribution in [3.63, 3.8) is 0 Å². The summed E-state index contributed by atoms with van der Waals surface area (Å²) >= 11 is 7.47. The van der Waals surface area contributed by atoms with Gasteiger partial charge in [-0.05, 0) is 39.6 Å². The lowest BCUT2D eigenvalue weighted by Gasteiger charge is -2.34. The molecule has 162 valence electrons. The first kappa shape index (κ1) is 21.4. The fraction of sp³-hybridized carbons (Fsp3) is 0.300. The van der Waals surface area contributed by atoms with Crippen molar-refractivity contribution in [2.75, 3.05) is 26.2 Å². The summed E-state index contributed by atoms with van der Waals surface area (Å²) in [6.07, 6.45) is 1.55. The van der Waals surface area contributed by atoms with Gasteiger partial charge in [0.15, 0.2) is 0 Å². The van der Waals surface area contributed by atoms with E-state index in [1.54, 1.807) is 12.3 Å². The van der Waals surface area contributed by atoms with Crippen LogP contribution in [0.5, 0.6) is 0 Å². The maximum absolute atomic E-state index is 13.2. The monoisotopic (exact) mass is 463 g/mol. The molecular weight excluding hydrogens is 445 g/mol. The second kappa shape index (κ2) is 9.13. The van der Waals surface area contributed by atoms with Crippen molar-refractivity contribution in [1.82, 2.24) is 19.6 Å². The standard InChI is InChI=1S/C20H19ClFN5O3S/c21-17-10-16(22)2-1-15(17)12-24-5-7-25(8-6-24)20(28)18-9-14(13-31-18)11-26-4-3-19(23-26)27(29)30/h1-4,9-10,13H,5-8,11-12H2. The zero-order valence-corrected chi connectivity index (χ0v) is 18.0. The van der Waals surface area contributed by atoms with Gasteiger partial charge in [-0.1, -0.05) is 17.7 Å². The second-order valence-electron chi connectivity index (χ2n) is 7.25. The van der Waals surface area contributed by atoms with E-state index in [-0.39, 0.29) is 17.5 Å². The topological polar surface area (TPSA) is 84.5 Å². The number of aromatic nitrogens is 2. The van der Waals surface area contributed by atoms with Crippen LogP contribution in [0.4, 0.5) is 10.2 Å². The molecule has 3 aromatic rings. The molecule has 1 amide bonds. The van der Waals surface area contributed by atoms with Crippen LogP contribution in [0.2, 0.25) is 5.02 Å². The molecule has 1 aliphatic rings. The van der Waals surface area contributed by atoms with Crippen LogP contribution in [0, 0.1) is 15.9 Å². The Bertz CT molecular complexity index is 1110. The average Bonchev–Trinajstić information content (AvgIpc) is 3.40. The van der Waals surface area contributed by atoms with E-state index in [1.807, 2.05) is 16.3 Å². The molecule has 2 aromatic heterocycles. The Balaban J connectivity index is 1.32. The molecule has 0 unspecified atom stereocenters. The van der Waals surface area contributed by atoms with Gasteiger partial charge in [0.1, 0.15) is 5.82 Å². The quantitative estimate of drug-likeness (QED) is 0.411. The minimum absolute atomic E-state index is 0.0258. The molecule has 8 nitrogen and oxygen atoms in total. The minimum Gasteiger partial charge on any atom is -0.358 e. The number of halogens is 2. The maximum Gasteiger partial charge on any atom is 0.389 e. The third-order valence-corrected chi connectivity index (χ3v) is 6.41. The summed E-state index contributed by atoms with van der Waals surface area (Å²) < 4.78 is 14.7. The second-order valence-corrected chi connectivity index (χ2v) is 8.57. The lowest BCUT2D eigenvalue weighted by molar-refractivity contribution is -0.389. The van der Waals surface area contributed by atoms with Gasteiger partial charge in [0.25, 0.3) is 5.91 Å².